The van der Waals surface area contributed by atoms with Crippen molar-refractivity contribution in [2.45, 2.75) is 19.4 Å². The Morgan fingerprint density at radius 3 is 3.00 bits per heavy atom. The van der Waals surface area contributed by atoms with Crippen LogP contribution in [0.15, 0.2) is 6.20 Å². The van der Waals surface area contributed by atoms with E-state index in [1.807, 2.05) is 0 Å². The SMILES string of the molecule is CC1(C)C(=O)NCCN1c1nc(Cl)ncc1F. The first kappa shape index (κ1) is 12.0. The molecule has 0 aliphatic carbocycles. The van der Waals surface area contributed by atoms with Crippen molar-refractivity contribution in [3.63, 3.8) is 0 Å². The number of aromatic nitrogens is 2. The Morgan fingerprint density at radius 2 is 2.29 bits per heavy atom. The Bertz CT molecular complexity index is 466. The van der Waals surface area contributed by atoms with E-state index in [-0.39, 0.29) is 17.0 Å². The summed E-state index contributed by atoms with van der Waals surface area (Å²) >= 11 is 5.65. The van der Waals surface area contributed by atoms with Gasteiger partial charge < -0.3 is 10.2 Å². The first-order valence-electron chi connectivity index (χ1n) is 5.17. The smallest absolute Gasteiger partial charge is 0.245 e. The van der Waals surface area contributed by atoms with Gasteiger partial charge in [0.25, 0.3) is 0 Å². The second-order valence-electron chi connectivity index (χ2n) is 4.28. The Kier molecular flexibility index (Phi) is 2.91. The number of anilines is 1. The molecule has 0 atom stereocenters. The zero-order valence-corrected chi connectivity index (χ0v) is 10.3. The van der Waals surface area contributed by atoms with E-state index in [9.17, 15) is 9.18 Å². The molecule has 5 nitrogen and oxygen atoms in total. The molecule has 92 valence electrons. The third-order valence-electron chi connectivity index (χ3n) is 2.80. The van der Waals surface area contributed by atoms with Gasteiger partial charge >= 0.3 is 0 Å². The highest BCUT2D eigenvalue weighted by Crippen LogP contribution is 2.27. The third-order valence-corrected chi connectivity index (χ3v) is 2.99. The molecule has 0 aromatic carbocycles. The number of carbonyl (C=O) groups excluding carboxylic acids is 1. The number of nitrogens with zero attached hydrogens (tertiary/aromatic N) is 3. The van der Waals surface area contributed by atoms with Gasteiger partial charge in [-0.05, 0) is 25.4 Å². The Labute approximate surface area is 103 Å². The van der Waals surface area contributed by atoms with Crippen molar-refractivity contribution in [2.24, 2.45) is 0 Å². The lowest BCUT2D eigenvalue weighted by Gasteiger charge is -2.41. The van der Waals surface area contributed by atoms with Crippen LogP contribution in [0, 0.1) is 5.82 Å². The van der Waals surface area contributed by atoms with Crippen LogP contribution in [0.25, 0.3) is 0 Å². The normalized spacial score (nSPS) is 19.1. The van der Waals surface area contributed by atoms with E-state index < -0.39 is 11.4 Å². The average molecular weight is 259 g/mol. The molecule has 0 saturated carbocycles. The maximum Gasteiger partial charge on any atom is 0.245 e. The van der Waals surface area contributed by atoms with Crippen LogP contribution in [0.5, 0.6) is 0 Å². The van der Waals surface area contributed by atoms with E-state index in [4.69, 9.17) is 11.6 Å². The number of hydrogen-bond acceptors (Lipinski definition) is 4. The molecule has 1 aromatic rings. The molecule has 2 rings (SSSR count). The van der Waals surface area contributed by atoms with Gasteiger partial charge in [-0.25, -0.2) is 9.37 Å². The van der Waals surface area contributed by atoms with Crippen molar-refractivity contribution in [3.8, 4) is 0 Å². The zero-order valence-electron chi connectivity index (χ0n) is 9.50. The number of halogens is 2. The van der Waals surface area contributed by atoms with E-state index in [0.717, 1.165) is 6.20 Å². The Hall–Kier alpha value is -1.43. The van der Waals surface area contributed by atoms with Gasteiger partial charge in [-0.3, -0.25) is 4.79 Å². The molecule has 7 heteroatoms. The van der Waals surface area contributed by atoms with Crippen LogP contribution in [-0.4, -0.2) is 34.5 Å². The predicted octanol–water partition coefficient (Wildman–Crippen LogP) is 0.984. The molecular formula is C10H12ClFN4O. The maximum absolute atomic E-state index is 13.7. The minimum absolute atomic E-state index is 0.0387. The molecular weight excluding hydrogens is 247 g/mol. The van der Waals surface area contributed by atoms with Gasteiger partial charge in [0, 0.05) is 13.1 Å². The van der Waals surface area contributed by atoms with Crippen molar-refractivity contribution in [1.82, 2.24) is 15.3 Å². The van der Waals surface area contributed by atoms with Crippen LogP contribution in [-0.2, 0) is 4.79 Å². The number of rotatable bonds is 1. The van der Waals surface area contributed by atoms with Crippen molar-refractivity contribution in [3.05, 3.63) is 17.3 Å². The maximum atomic E-state index is 13.7. The summed E-state index contributed by atoms with van der Waals surface area (Å²) in [5.74, 6) is -0.695. The first-order chi connectivity index (χ1) is 7.93. The number of hydrogen-bond donors (Lipinski definition) is 1. The molecule has 0 radical (unpaired) electrons. The summed E-state index contributed by atoms with van der Waals surface area (Å²) in [4.78, 5) is 20.7. The van der Waals surface area contributed by atoms with Crippen molar-refractivity contribution in [2.75, 3.05) is 18.0 Å². The summed E-state index contributed by atoms with van der Waals surface area (Å²) in [5.41, 5.74) is -0.864. The molecule has 1 aliphatic heterocycles. The topological polar surface area (TPSA) is 58.1 Å². The van der Waals surface area contributed by atoms with Gasteiger partial charge in [-0.15, -0.1) is 0 Å². The van der Waals surface area contributed by atoms with Gasteiger partial charge in [-0.1, -0.05) is 0 Å². The summed E-state index contributed by atoms with van der Waals surface area (Å²) in [7, 11) is 0. The molecule has 0 spiro atoms. The molecule has 1 amide bonds. The zero-order chi connectivity index (χ0) is 12.6. The largest absolute Gasteiger partial charge is 0.352 e. The summed E-state index contributed by atoms with van der Waals surface area (Å²) in [6, 6.07) is 0. The van der Waals surface area contributed by atoms with E-state index in [2.05, 4.69) is 15.3 Å². The Morgan fingerprint density at radius 1 is 1.59 bits per heavy atom. The van der Waals surface area contributed by atoms with Gasteiger partial charge in [0.2, 0.25) is 11.2 Å². The van der Waals surface area contributed by atoms with Crippen molar-refractivity contribution < 1.29 is 9.18 Å². The van der Waals surface area contributed by atoms with E-state index >= 15 is 0 Å². The second-order valence-corrected chi connectivity index (χ2v) is 4.62. The van der Waals surface area contributed by atoms with E-state index in [0.29, 0.717) is 13.1 Å². The molecule has 1 saturated heterocycles. The fraction of sp³-hybridized carbons (Fsp3) is 0.500. The lowest BCUT2D eigenvalue weighted by atomic mass is 9.99. The monoisotopic (exact) mass is 258 g/mol. The third kappa shape index (κ3) is 2.04. The average Bonchev–Trinajstić information content (AvgIpc) is 2.26. The van der Waals surface area contributed by atoms with Gasteiger partial charge in [0.15, 0.2) is 11.6 Å². The number of carbonyl (C=O) groups is 1. The van der Waals surface area contributed by atoms with Crippen LogP contribution < -0.4 is 10.2 Å². The molecule has 1 aliphatic rings. The highest BCUT2D eigenvalue weighted by molar-refractivity contribution is 6.28. The van der Waals surface area contributed by atoms with Crippen LogP contribution >= 0.6 is 11.6 Å². The molecule has 1 aromatic heterocycles. The minimum atomic E-state index is -0.864. The van der Waals surface area contributed by atoms with Crippen LogP contribution in [0.2, 0.25) is 5.28 Å². The summed E-state index contributed by atoms with van der Waals surface area (Å²) in [5, 5.41) is 2.69. The number of nitrogens with one attached hydrogen (secondary N) is 1. The molecule has 1 N–H and O–H groups in total. The predicted molar refractivity (Wildman–Crippen MR) is 61.4 cm³/mol. The van der Waals surface area contributed by atoms with Crippen molar-refractivity contribution >= 4 is 23.3 Å². The van der Waals surface area contributed by atoms with Gasteiger partial charge in [0.05, 0.1) is 6.20 Å². The lowest BCUT2D eigenvalue weighted by molar-refractivity contribution is -0.126. The highest BCUT2D eigenvalue weighted by atomic mass is 35.5. The Balaban J connectivity index is 2.44. The second kappa shape index (κ2) is 4.10. The summed E-state index contributed by atoms with van der Waals surface area (Å²) in [6.07, 6.45) is 1.01. The van der Waals surface area contributed by atoms with Gasteiger partial charge in [0.1, 0.15) is 5.54 Å². The fourth-order valence-electron chi connectivity index (χ4n) is 1.80. The standard InChI is InChI=1S/C10H12ClFN4O/c1-10(2)8(17)13-3-4-16(10)7-6(12)5-14-9(11)15-7/h5H,3-4H2,1-2H3,(H,13,17). The summed E-state index contributed by atoms with van der Waals surface area (Å²) < 4.78 is 13.7. The fourth-order valence-corrected chi connectivity index (χ4v) is 1.93. The first-order valence-corrected chi connectivity index (χ1v) is 5.54. The number of piperazine rings is 1. The number of amides is 1. The summed E-state index contributed by atoms with van der Waals surface area (Å²) in [6.45, 7) is 4.33. The lowest BCUT2D eigenvalue weighted by Crippen LogP contribution is -2.62. The minimum Gasteiger partial charge on any atom is -0.352 e. The molecule has 0 bridgehead atoms. The van der Waals surface area contributed by atoms with Crippen LogP contribution in [0.3, 0.4) is 0 Å². The van der Waals surface area contributed by atoms with Gasteiger partial charge in [-0.2, -0.15) is 4.98 Å². The highest BCUT2D eigenvalue weighted by Gasteiger charge is 2.39. The molecule has 17 heavy (non-hydrogen) atoms. The van der Waals surface area contributed by atoms with E-state index in [1.54, 1.807) is 18.7 Å². The molecule has 1 fully saturated rings. The molecule has 2 heterocycles. The van der Waals surface area contributed by atoms with Crippen molar-refractivity contribution in [1.29, 1.82) is 0 Å². The molecule has 0 unspecified atom stereocenters. The van der Waals surface area contributed by atoms with Crippen LogP contribution in [0.1, 0.15) is 13.8 Å². The quantitative estimate of drug-likeness (QED) is 0.763. The van der Waals surface area contributed by atoms with Crippen LogP contribution in [0.4, 0.5) is 10.2 Å². The van der Waals surface area contributed by atoms with E-state index in [1.165, 1.54) is 0 Å².